The summed E-state index contributed by atoms with van der Waals surface area (Å²) in [5, 5.41) is 21.8. The number of benzene rings is 3. The molecule has 0 aliphatic rings. The van der Waals surface area contributed by atoms with Crippen LogP contribution in [-0.4, -0.2) is 34.6 Å². The number of ether oxygens (including phenoxy) is 1. The Hall–Kier alpha value is -4.46. The molecule has 0 bridgehead atoms. The fourth-order valence-corrected chi connectivity index (χ4v) is 3.75. The van der Waals surface area contributed by atoms with Gasteiger partial charge in [0.2, 0.25) is 5.88 Å². The van der Waals surface area contributed by atoms with E-state index >= 15 is 0 Å². The van der Waals surface area contributed by atoms with Crippen LogP contribution in [0.2, 0.25) is 0 Å². The molecule has 0 aliphatic heterocycles. The quantitative estimate of drug-likeness (QED) is 0.335. The molecular weight excluding hydrogens is 444 g/mol. The number of nitrogens with zero attached hydrogens (tertiary/aromatic N) is 3. The van der Waals surface area contributed by atoms with Gasteiger partial charge < -0.3 is 19.7 Å². The van der Waals surface area contributed by atoms with Crippen molar-refractivity contribution < 1.29 is 19.4 Å². The minimum absolute atomic E-state index is 0.0582. The molecule has 178 valence electrons. The first-order chi connectivity index (χ1) is 17.1. The molecule has 1 heterocycles. The van der Waals surface area contributed by atoms with Crippen LogP contribution < -0.4 is 10.1 Å². The van der Waals surface area contributed by atoms with Crippen LogP contribution in [0.3, 0.4) is 0 Å². The Bertz CT molecular complexity index is 1350. The van der Waals surface area contributed by atoms with Crippen molar-refractivity contribution in [2.75, 3.05) is 13.2 Å². The number of fused-ring (bicyclic) bond motifs is 1. The molecule has 1 aromatic heterocycles. The van der Waals surface area contributed by atoms with E-state index in [1.807, 2.05) is 61.5 Å². The summed E-state index contributed by atoms with van der Waals surface area (Å²) in [6.45, 7) is 2.64. The first-order valence-corrected chi connectivity index (χ1v) is 11.4. The number of carbonyl (C=O) groups excluding carboxylic acids is 2. The normalized spacial score (nSPS) is 11.1. The summed E-state index contributed by atoms with van der Waals surface area (Å²) >= 11 is 0. The molecule has 35 heavy (non-hydrogen) atoms. The van der Waals surface area contributed by atoms with Crippen LogP contribution in [0.25, 0.3) is 10.9 Å². The van der Waals surface area contributed by atoms with Gasteiger partial charge in [0.25, 0.3) is 11.8 Å². The van der Waals surface area contributed by atoms with E-state index in [-0.39, 0.29) is 18.1 Å². The number of amides is 2. The molecule has 8 nitrogen and oxygen atoms in total. The van der Waals surface area contributed by atoms with Gasteiger partial charge in [0, 0.05) is 17.5 Å². The van der Waals surface area contributed by atoms with Crippen LogP contribution in [-0.2, 0) is 17.8 Å². The van der Waals surface area contributed by atoms with Crippen molar-refractivity contribution in [3.8, 4) is 11.6 Å². The van der Waals surface area contributed by atoms with Gasteiger partial charge in [-0.2, -0.15) is 0 Å². The lowest BCUT2D eigenvalue weighted by atomic mass is 10.1. The molecule has 4 aromatic rings. The van der Waals surface area contributed by atoms with Crippen molar-refractivity contribution in [1.82, 2.24) is 9.88 Å². The third kappa shape index (κ3) is 5.73. The third-order valence-corrected chi connectivity index (χ3v) is 5.47. The van der Waals surface area contributed by atoms with Crippen molar-refractivity contribution in [2.24, 2.45) is 10.2 Å². The van der Waals surface area contributed by atoms with E-state index in [1.165, 1.54) is 0 Å². The number of aromatic nitrogens is 1. The minimum Gasteiger partial charge on any atom is -0.494 e. The monoisotopic (exact) mass is 470 g/mol. The first-order valence-electron chi connectivity index (χ1n) is 11.4. The predicted octanol–water partition coefficient (Wildman–Crippen LogP) is 5.03. The van der Waals surface area contributed by atoms with Crippen LogP contribution in [0, 0.1) is 0 Å². The standard InChI is InChI=1S/C27H26N4O4/c1-2-35-21-14-12-20(13-15-21)26(33)28-18-24(32)29-30-25-22-10-6-7-11-23(22)31(27(25)34)17-16-19-8-4-3-5-9-19/h3-15,34H,2,16-18H2,1H3,(H,28,33). The van der Waals surface area contributed by atoms with Crippen LogP contribution in [0.4, 0.5) is 5.69 Å². The second-order valence-corrected chi connectivity index (χ2v) is 7.81. The molecule has 8 heteroatoms. The fourth-order valence-electron chi connectivity index (χ4n) is 3.75. The van der Waals surface area contributed by atoms with E-state index in [2.05, 4.69) is 15.5 Å². The van der Waals surface area contributed by atoms with Gasteiger partial charge in [0.15, 0.2) is 5.69 Å². The summed E-state index contributed by atoms with van der Waals surface area (Å²) in [6.07, 6.45) is 0.722. The summed E-state index contributed by atoms with van der Waals surface area (Å²) in [5.41, 5.74) is 2.56. The molecule has 3 aromatic carbocycles. The lowest BCUT2D eigenvalue weighted by Crippen LogP contribution is -2.28. The van der Waals surface area contributed by atoms with Gasteiger partial charge in [-0.25, -0.2) is 0 Å². The van der Waals surface area contributed by atoms with Crippen molar-refractivity contribution in [2.45, 2.75) is 19.9 Å². The van der Waals surface area contributed by atoms with Gasteiger partial charge in [-0.3, -0.25) is 9.59 Å². The second-order valence-electron chi connectivity index (χ2n) is 7.81. The Kier molecular flexibility index (Phi) is 7.52. The van der Waals surface area contributed by atoms with Crippen molar-refractivity contribution >= 4 is 28.4 Å². The summed E-state index contributed by atoms with van der Waals surface area (Å²) in [4.78, 5) is 24.6. The lowest BCUT2D eigenvalue weighted by Gasteiger charge is -2.07. The Balaban J connectivity index is 1.43. The first kappa shape index (κ1) is 23.7. The molecule has 0 unspecified atom stereocenters. The zero-order valence-electron chi connectivity index (χ0n) is 19.3. The predicted molar refractivity (Wildman–Crippen MR) is 133 cm³/mol. The summed E-state index contributed by atoms with van der Waals surface area (Å²) in [6, 6.07) is 24.0. The van der Waals surface area contributed by atoms with E-state index in [0.29, 0.717) is 29.9 Å². The summed E-state index contributed by atoms with van der Waals surface area (Å²) in [5.74, 6) is -0.435. The molecule has 2 amide bonds. The average Bonchev–Trinajstić information content (AvgIpc) is 3.16. The second kappa shape index (κ2) is 11.1. The molecule has 0 radical (unpaired) electrons. The molecule has 2 N–H and O–H groups in total. The molecular formula is C27H26N4O4. The SMILES string of the molecule is CCOc1ccc(C(=O)NCC(=O)N=Nc2c(O)n(CCc3ccccc3)c3ccccc23)cc1. The van der Waals surface area contributed by atoms with Crippen molar-refractivity contribution in [1.29, 1.82) is 0 Å². The van der Waals surface area contributed by atoms with Crippen molar-refractivity contribution in [3.05, 3.63) is 90.0 Å². The number of aromatic hydroxyl groups is 1. The van der Waals surface area contributed by atoms with Gasteiger partial charge in [-0.1, -0.05) is 48.5 Å². The van der Waals surface area contributed by atoms with Crippen LogP contribution >= 0.6 is 0 Å². The molecule has 0 fully saturated rings. The highest BCUT2D eigenvalue weighted by molar-refractivity contribution is 5.97. The van der Waals surface area contributed by atoms with Gasteiger partial charge in [-0.15, -0.1) is 10.2 Å². The smallest absolute Gasteiger partial charge is 0.283 e. The highest BCUT2D eigenvalue weighted by atomic mass is 16.5. The third-order valence-electron chi connectivity index (χ3n) is 5.47. The Morgan fingerprint density at radius 3 is 2.43 bits per heavy atom. The van der Waals surface area contributed by atoms with Crippen LogP contribution in [0.1, 0.15) is 22.8 Å². The van der Waals surface area contributed by atoms with E-state index in [0.717, 1.165) is 17.5 Å². The van der Waals surface area contributed by atoms with Gasteiger partial charge in [0.05, 0.1) is 12.1 Å². The highest BCUT2D eigenvalue weighted by Gasteiger charge is 2.17. The molecule has 0 spiro atoms. The van der Waals surface area contributed by atoms with E-state index in [9.17, 15) is 14.7 Å². The Labute approximate surface area is 202 Å². The Morgan fingerprint density at radius 1 is 0.971 bits per heavy atom. The van der Waals surface area contributed by atoms with Crippen LogP contribution in [0.5, 0.6) is 11.6 Å². The number of hydrogen-bond donors (Lipinski definition) is 2. The highest BCUT2D eigenvalue weighted by Crippen LogP contribution is 2.38. The largest absolute Gasteiger partial charge is 0.494 e. The maximum absolute atomic E-state index is 12.3. The maximum atomic E-state index is 12.3. The number of para-hydroxylation sites is 1. The summed E-state index contributed by atoms with van der Waals surface area (Å²) < 4.78 is 7.12. The topological polar surface area (TPSA) is 105 Å². The van der Waals surface area contributed by atoms with Crippen LogP contribution in [0.15, 0.2) is 89.1 Å². The van der Waals surface area contributed by atoms with E-state index in [4.69, 9.17) is 4.74 Å². The fraction of sp³-hybridized carbons (Fsp3) is 0.185. The number of carbonyl (C=O) groups is 2. The minimum atomic E-state index is -0.634. The number of aryl methyl sites for hydroxylation is 2. The number of nitrogens with one attached hydrogen (secondary N) is 1. The zero-order valence-corrected chi connectivity index (χ0v) is 19.3. The molecule has 0 saturated heterocycles. The Morgan fingerprint density at radius 2 is 1.69 bits per heavy atom. The number of hydrogen-bond acceptors (Lipinski definition) is 5. The summed E-state index contributed by atoms with van der Waals surface area (Å²) in [7, 11) is 0. The maximum Gasteiger partial charge on any atom is 0.283 e. The molecule has 0 saturated carbocycles. The number of rotatable bonds is 9. The molecule has 0 aliphatic carbocycles. The molecule has 0 atom stereocenters. The van der Waals surface area contributed by atoms with E-state index < -0.39 is 11.8 Å². The van der Waals surface area contributed by atoms with Gasteiger partial charge in [0.1, 0.15) is 12.3 Å². The number of azo groups is 1. The zero-order chi connectivity index (χ0) is 24.6. The van der Waals surface area contributed by atoms with E-state index in [1.54, 1.807) is 28.8 Å². The van der Waals surface area contributed by atoms with Gasteiger partial charge in [-0.05, 0) is 49.2 Å². The van der Waals surface area contributed by atoms with Gasteiger partial charge >= 0.3 is 0 Å². The van der Waals surface area contributed by atoms with Crippen molar-refractivity contribution in [3.63, 3.8) is 0 Å². The molecule has 4 rings (SSSR count). The average molecular weight is 471 g/mol. The lowest BCUT2D eigenvalue weighted by molar-refractivity contribution is -0.117.